The Balaban J connectivity index is 1.93. The number of amides is 1. The second kappa shape index (κ2) is 7.04. The van der Waals surface area contributed by atoms with Gasteiger partial charge in [0, 0.05) is 18.3 Å². The Morgan fingerprint density at radius 1 is 1.20 bits per heavy atom. The van der Waals surface area contributed by atoms with Gasteiger partial charge in [0.15, 0.2) is 0 Å². The average Bonchev–Trinajstić information content (AvgIpc) is 2.56. The van der Waals surface area contributed by atoms with Crippen LogP contribution in [0, 0.1) is 5.82 Å². The van der Waals surface area contributed by atoms with Crippen LogP contribution in [0.2, 0.25) is 0 Å². The molecule has 3 rings (SSSR count). The lowest BCUT2D eigenvalue weighted by molar-refractivity contribution is -0.0499. The number of anilines is 1. The lowest BCUT2D eigenvalue weighted by Crippen LogP contribution is -2.40. The van der Waals surface area contributed by atoms with Crippen molar-refractivity contribution in [1.29, 1.82) is 0 Å². The van der Waals surface area contributed by atoms with Gasteiger partial charge in [0.2, 0.25) is 0 Å². The van der Waals surface area contributed by atoms with Gasteiger partial charge < -0.3 is 15.0 Å². The van der Waals surface area contributed by atoms with Crippen molar-refractivity contribution in [2.45, 2.75) is 20.0 Å². The first-order chi connectivity index (χ1) is 12.0. The lowest BCUT2D eigenvalue weighted by Gasteiger charge is -2.29. The van der Waals surface area contributed by atoms with Gasteiger partial charge in [-0.1, -0.05) is 13.0 Å². The van der Waals surface area contributed by atoms with E-state index in [9.17, 15) is 18.0 Å². The summed E-state index contributed by atoms with van der Waals surface area (Å²) >= 11 is 0. The van der Waals surface area contributed by atoms with Crippen LogP contribution in [0.25, 0.3) is 11.1 Å². The monoisotopic (exact) mass is 350 g/mol. The maximum atomic E-state index is 13.7. The molecule has 0 aliphatic carbocycles. The zero-order chi connectivity index (χ0) is 18.0. The summed E-state index contributed by atoms with van der Waals surface area (Å²) in [5.41, 5.74) is 2.16. The van der Waals surface area contributed by atoms with E-state index in [1.807, 2.05) is 6.92 Å². The van der Waals surface area contributed by atoms with E-state index in [0.29, 0.717) is 35.6 Å². The number of nitrogens with one attached hydrogen (secondary N) is 1. The average molecular weight is 350 g/mol. The molecule has 2 aromatic rings. The molecule has 1 amide bonds. The lowest BCUT2D eigenvalue weighted by atomic mass is 10.0. The molecule has 0 aromatic heterocycles. The van der Waals surface area contributed by atoms with Crippen LogP contribution in [0.15, 0.2) is 36.4 Å². The van der Waals surface area contributed by atoms with Crippen LogP contribution < -0.4 is 10.1 Å². The summed E-state index contributed by atoms with van der Waals surface area (Å²) in [5.74, 6) is -0.993. The Morgan fingerprint density at radius 2 is 2.00 bits per heavy atom. The van der Waals surface area contributed by atoms with Crippen LogP contribution in [-0.2, 0) is 0 Å². The molecule has 25 heavy (non-hydrogen) atoms. The molecule has 0 saturated carbocycles. The van der Waals surface area contributed by atoms with Crippen molar-refractivity contribution < 1.29 is 22.7 Å². The predicted octanol–water partition coefficient (Wildman–Crippen LogP) is 4.33. The number of benzene rings is 2. The van der Waals surface area contributed by atoms with Gasteiger partial charge in [-0.05, 0) is 41.8 Å². The van der Waals surface area contributed by atoms with Crippen LogP contribution in [-0.4, -0.2) is 30.6 Å². The first-order valence-corrected chi connectivity index (χ1v) is 7.91. The van der Waals surface area contributed by atoms with Crippen molar-refractivity contribution in [3.05, 3.63) is 47.8 Å². The second-order valence-corrected chi connectivity index (χ2v) is 5.72. The zero-order valence-electron chi connectivity index (χ0n) is 13.6. The number of hydrogen-bond acceptors (Lipinski definition) is 3. The summed E-state index contributed by atoms with van der Waals surface area (Å²) in [5, 5.41) is 3.16. The molecular weight excluding hydrogens is 333 g/mol. The molecule has 1 N–H and O–H groups in total. The second-order valence-electron chi connectivity index (χ2n) is 5.72. The molecule has 4 nitrogen and oxygen atoms in total. The van der Waals surface area contributed by atoms with Crippen LogP contribution in [0.4, 0.5) is 18.9 Å². The third kappa shape index (κ3) is 3.70. The maximum absolute atomic E-state index is 13.7. The predicted molar refractivity (Wildman–Crippen MR) is 88.3 cm³/mol. The van der Waals surface area contributed by atoms with E-state index in [0.717, 1.165) is 12.5 Å². The number of rotatable bonds is 5. The molecule has 0 spiro atoms. The number of carbonyl (C=O) groups is 1. The highest BCUT2D eigenvalue weighted by Crippen LogP contribution is 2.31. The molecule has 1 aliphatic rings. The van der Waals surface area contributed by atoms with E-state index in [1.165, 1.54) is 12.1 Å². The molecule has 0 atom stereocenters. The topological polar surface area (TPSA) is 41.6 Å². The normalized spacial score (nSPS) is 13.6. The van der Waals surface area contributed by atoms with Crippen molar-refractivity contribution in [2.24, 2.45) is 0 Å². The Hall–Kier alpha value is -2.70. The number of ether oxygens (including phenoxy) is 1. The molecular formula is C18H17F3N2O2. The maximum Gasteiger partial charge on any atom is 0.387 e. The van der Waals surface area contributed by atoms with E-state index in [-0.39, 0.29) is 11.7 Å². The van der Waals surface area contributed by atoms with Gasteiger partial charge in [-0.3, -0.25) is 4.79 Å². The van der Waals surface area contributed by atoms with Crippen LogP contribution in [0.5, 0.6) is 5.75 Å². The zero-order valence-corrected chi connectivity index (χ0v) is 13.6. The van der Waals surface area contributed by atoms with Gasteiger partial charge in [-0.25, -0.2) is 4.39 Å². The van der Waals surface area contributed by atoms with Gasteiger partial charge >= 0.3 is 6.61 Å². The minimum Gasteiger partial charge on any atom is -0.435 e. The molecule has 0 unspecified atom stereocenters. The van der Waals surface area contributed by atoms with Crippen molar-refractivity contribution >= 4 is 11.6 Å². The summed E-state index contributed by atoms with van der Waals surface area (Å²) < 4.78 is 42.7. The van der Waals surface area contributed by atoms with Crippen LogP contribution in [0.1, 0.15) is 23.7 Å². The molecule has 0 bridgehead atoms. The third-order valence-electron chi connectivity index (χ3n) is 3.92. The summed E-state index contributed by atoms with van der Waals surface area (Å²) in [4.78, 5) is 14.1. The standard InChI is InChI=1S/C18H17F3N2O2/c1-2-5-23-10-22-16-8-11(3-4-15(16)17(23)24)12-6-13(19)9-14(7-12)25-18(20)21/h3-4,6-9,18,22H,2,5,10H2,1H3. The summed E-state index contributed by atoms with van der Waals surface area (Å²) in [7, 11) is 0. The molecule has 1 heterocycles. The first kappa shape index (κ1) is 17.1. The fraction of sp³-hybridized carbons (Fsp3) is 0.278. The summed E-state index contributed by atoms with van der Waals surface area (Å²) in [6.07, 6.45) is 0.858. The van der Waals surface area contributed by atoms with Crippen LogP contribution >= 0.6 is 0 Å². The number of nitrogens with zero attached hydrogens (tertiary/aromatic N) is 1. The van der Waals surface area contributed by atoms with E-state index < -0.39 is 12.4 Å². The highest BCUT2D eigenvalue weighted by molar-refractivity contribution is 6.02. The SMILES string of the molecule is CCCN1CNc2cc(-c3cc(F)cc(OC(F)F)c3)ccc2C1=O. The first-order valence-electron chi connectivity index (χ1n) is 7.91. The fourth-order valence-electron chi connectivity index (χ4n) is 2.83. The van der Waals surface area contributed by atoms with Gasteiger partial charge in [0.05, 0.1) is 12.2 Å². The Bertz CT molecular complexity index is 796. The highest BCUT2D eigenvalue weighted by Gasteiger charge is 2.23. The van der Waals surface area contributed by atoms with Gasteiger partial charge in [0.1, 0.15) is 11.6 Å². The number of hydrogen-bond donors (Lipinski definition) is 1. The van der Waals surface area contributed by atoms with Gasteiger partial charge in [0.25, 0.3) is 5.91 Å². The van der Waals surface area contributed by atoms with Crippen molar-refractivity contribution in [1.82, 2.24) is 4.90 Å². The Morgan fingerprint density at radius 3 is 2.72 bits per heavy atom. The number of fused-ring (bicyclic) bond motifs is 1. The molecule has 1 aliphatic heterocycles. The number of alkyl halides is 2. The largest absolute Gasteiger partial charge is 0.435 e. The molecule has 132 valence electrons. The molecule has 2 aromatic carbocycles. The van der Waals surface area contributed by atoms with Crippen LogP contribution in [0.3, 0.4) is 0 Å². The summed E-state index contributed by atoms with van der Waals surface area (Å²) in [6, 6.07) is 8.49. The molecule has 7 heteroatoms. The van der Waals surface area contributed by atoms with Gasteiger partial charge in [-0.15, -0.1) is 0 Å². The van der Waals surface area contributed by atoms with Crippen molar-refractivity contribution in [3.8, 4) is 16.9 Å². The van der Waals surface area contributed by atoms with E-state index in [4.69, 9.17) is 0 Å². The third-order valence-corrected chi connectivity index (χ3v) is 3.92. The Kier molecular flexibility index (Phi) is 4.83. The molecule has 0 saturated heterocycles. The van der Waals surface area contributed by atoms with Gasteiger partial charge in [-0.2, -0.15) is 8.78 Å². The molecule has 0 fully saturated rings. The number of halogens is 3. The van der Waals surface area contributed by atoms with E-state index in [1.54, 1.807) is 23.1 Å². The quantitative estimate of drug-likeness (QED) is 0.873. The molecule has 0 radical (unpaired) electrons. The minimum atomic E-state index is -3.03. The smallest absolute Gasteiger partial charge is 0.387 e. The van der Waals surface area contributed by atoms with Crippen molar-refractivity contribution in [3.63, 3.8) is 0 Å². The van der Waals surface area contributed by atoms with E-state index >= 15 is 0 Å². The Labute approximate surface area is 143 Å². The minimum absolute atomic E-state index is 0.0666. The fourth-order valence-corrected chi connectivity index (χ4v) is 2.83. The van der Waals surface area contributed by atoms with E-state index in [2.05, 4.69) is 10.1 Å². The van der Waals surface area contributed by atoms with Crippen molar-refractivity contribution in [2.75, 3.05) is 18.5 Å². The number of carbonyl (C=O) groups excluding carboxylic acids is 1. The summed E-state index contributed by atoms with van der Waals surface area (Å²) in [6.45, 7) is 0.0219. The highest BCUT2D eigenvalue weighted by atomic mass is 19.3.